The van der Waals surface area contributed by atoms with Crippen LogP contribution < -0.4 is 4.74 Å². The van der Waals surface area contributed by atoms with Crippen LogP contribution in [0.25, 0.3) is 0 Å². The van der Waals surface area contributed by atoms with E-state index in [9.17, 15) is 9.90 Å². The number of aliphatic hydroxyl groups is 1. The minimum absolute atomic E-state index is 0.0918. The van der Waals surface area contributed by atoms with Crippen LogP contribution in [0.15, 0.2) is 30.9 Å². The number of hydrogen-bond donors (Lipinski definition) is 2. The highest BCUT2D eigenvalue weighted by molar-refractivity contribution is 5.95. The lowest BCUT2D eigenvalue weighted by Crippen LogP contribution is -2.33. The van der Waals surface area contributed by atoms with Gasteiger partial charge in [0.2, 0.25) is 0 Å². The Morgan fingerprint density at radius 1 is 1.56 bits per heavy atom. The molecular formula is C13H17NO4. The number of methoxy groups -OCH3 is 1. The van der Waals surface area contributed by atoms with E-state index in [0.717, 1.165) is 0 Å². The number of carbonyl (C=O) groups is 1. The number of aromatic hydroxyl groups is 1. The number of rotatable bonds is 6. The highest BCUT2D eigenvalue weighted by Gasteiger charge is 2.15. The zero-order valence-electron chi connectivity index (χ0n) is 10.3. The molecule has 98 valence electrons. The molecule has 0 aliphatic heterocycles. The van der Waals surface area contributed by atoms with Crippen molar-refractivity contribution in [1.82, 2.24) is 4.90 Å². The average molecular weight is 251 g/mol. The topological polar surface area (TPSA) is 70.0 Å². The third-order valence-electron chi connectivity index (χ3n) is 2.43. The molecule has 0 aliphatic rings. The first-order chi connectivity index (χ1) is 8.63. The van der Waals surface area contributed by atoms with Gasteiger partial charge in [0.1, 0.15) is 0 Å². The molecule has 0 spiro atoms. The van der Waals surface area contributed by atoms with Gasteiger partial charge < -0.3 is 19.8 Å². The molecule has 0 aromatic heterocycles. The lowest BCUT2D eigenvalue weighted by atomic mass is 10.1. The van der Waals surface area contributed by atoms with E-state index in [2.05, 4.69) is 6.58 Å². The maximum atomic E-state index is 12.1. The van der Waals surface area contributed by atoms with Gasteiger partial charge in [-0.3, -0.25) is 4.79 Å². The van der Waals surface area contributed by atoms with Crippen LogP contribution in [0, 0.1) is 0 Å². The van der Waals surface area contributed by atoms with Crippen LogP contribution in [0.3, 0.4) is 0 Å². The number of amides is 1. The van der Waals surface area contributed by atoms with Crippen molar-refractivity contribution < 1.29 is 19.7 Å². The molecule has 0 unspecified atom stereocenters. The summed E-state index contributed by atoms with van der Waals surface area (Å²) in [5.74, 6) is -0.0585. The van der Waals surface area contributed by atoms with E-state index in [0.29, 0.717) is 17.9 Å². The number of phenolic OH excluding ortho intramolecular Hbond substituents is 1. The van der Waals surface area contributed by atoms with Gasteiger partial charge in [-0.1, -0.05) is 6.08 Å². The highest BCUT2D eigenvalue weighted by atomic mass is 16.5. The quantitative estimate of drug-likeness (QED) is 0.741. The van der Waals surface area contributed by atoms with Crippen LogP contribution in [0.5, 0.6) is 11.5 Å². The molecular weight excluding hydrogens is 234 g/mol. The largest absolute Gasteiger partial charge is 0.504 e. The molecule has 0 heterocycles. The summed E-state index contributed by atoms with van der Waals surface area (Å²) in [6, 6.07) is 4.43. The molecule has 1 aromatic carbocycles. The Morgan fingerprint density at radius 2 is 2.28 bits per heavy atom. The SMILES string of the molecule is C=CCN(CCO)C(=O)c1ccc(OC)c(O)c1. The van der Waals surface area contributed by atoms with Gasteiger partial charge >= 0.3 is 0 Å². The molecule has 0 saturated carbocycles. The van der Waals surface area contributed by atoms with Crippen molar-refractivity contribution in [2.75, 3.05) is 26.8 Å². The van der Waals surface area contributed by atoms with E-state index in [4.69, 9.17) is 9.84 Å². The fourth-order valence-corrected chi connectivity index (χ4v) is 1.56. The zero-order chi connectivity index (χ0) is 13.5. The van der Waals surface area contributed by atoms with Gasteiger partial charge in [-0.15, -0.1) is 6.58 Å². The van der Waals surface area contributed by atoms with E-state index in [1.807, 2.05) is 0 Å². The second kappa shape index (κ2) is 6.66. The number of phenols is 1. The van der Waals surface area contributed by atoms with Gasteiger partial charge in [-0.05, 0) is 18.2 Å². The van der Waals surface area contributed by atoms with Crippen molar-refractivity contribution in [1.29, 1.82) is 0 Å². The summed E-state index contributed by atoms with van der Waals surface area (Å²) < 4.78 is 4.90. The average Bonchev–Trinajstić information content (AvgIpc) is 2.37. The standard InChI is InChI=1S/C13H17NO4/c1-3-6-14(7-8-15)13(17)10-4-5-12(18-2)11(16)9-10/h3-5,9,15-16H,1,6-8H2,2H3. The minimum Gasteiger partial charge on any atom is -0.504 e. The van der Waals surface area contributed by atoms with Gasteiger partial charge in [0.15, 0.2) is 11.5 Å². The summed E-state index contributed by atoms with van der Waals surface area (Å²) in [5.41, 5.74) is 0.337. The number of hydrogen-bond acceptors (Lipinski definition) is 4. The van der Waals surface area contributed by atoms with Crippen LogP contribution in [-0.2, 0) is 0 Å². The molecule has 0 radical (unpaired) electrons. The number of carbonyl (C=O) groups excluding carboxylic acids is 1. The normalized spacial score (nSPS) is 9.89. The zero-order valence-corrected chi connectivity index (χ0v) is 10.3. The number of benzene rings is 1. The summed E-state index contributed by atoms with van der Waals surface area (Å²) in [6.45, 7) is 3.99. The van der Waals surface area contributed by atoms with E-state index in [1.54, 1.807) is 12.1 Å². The van der Waals surface area contributed by atoms with Crippen molar-refractivity contribution in [3.63, 3.8) is 0 Å². The Kier molecular flexibility index (Phi) is 5.20. The molecule has 1 aromatic rings. The lowest BCUT2D eigenvalue weighted by molar-refractivity contribution is 0.0742. The van der Waals surface area contributed by atoms with Crippen LogP contribution in [0.4, 0.5) is 0 Å². The van der Waals surface area contributed by atoms with Gasteiger partial charge in [0.05, 0.1) is 13.7 Å². The molecule has 1 rings (SSSR count). The number of aliphatic hydroxyl groups excluding tert-OH is 1. The van der Waals surface area contributed by atoms with Crippen molar-refractivity contribution in [2.24, 2.45) is 0 Å². The Labute approximate surface area is 106 Å². The first-order valence-electron chi connectivity index (χ1n) is 5.52. The Hall–Kier alpha value is -2.01. The van der Waals surface area contributed by atoms with Crippen molar-refractivity contribution in [2.45, 2.75) is 0 Å². The maximum Gasteiger partial charge on any atom is 0.254 e. The highest BCUT2D eigenvalue weighted by Crippen LogP contribution is 2.26. The predicted molar refractivity (Wildman–Crippen MR) is 67.8 cm³/mol. The second-order valence-electron chi connectivity index (χ2n) is 3.65. The third kappa shape index (κ3) is 3.24. The van der Waals surface area contributed by atoms with Crippen molar-refractivity contribution in [3.8, 4) is 11.5 Å². The molecule has 18 heavy (non-hydrogen) atoms. The molecule has 5 heteroatoms. The molecule has 0 atom stereocenters. The van der Waals surface area contributed by atoms with Crippen LogP contribution in [-0.4, -0.2) is 47.8 Å². The van der Waals surface area contributed by atoms with Gasteiger partial charge in [0, 0.05) is 18.7 Å². The second-order valence-corrected chi connectivity index (χ2v) is 3.65. The predicted octanol–water partition coefficient (Wildman–Crippen LogP) is 1.02. The van der Waals surface area contributed by atoms with E-state index in [1.165, 1.54) is 24.1 Å². The smallest absolute Gasteiger partial charge is 0.254 e. The van der Waals surface area contributed by atoms with Crippen LogP contribution in [0.1, 0.15) is 10.4 Å². The van der Waals surface area contributed by atoms with E-state index in [-0.39, 0.29) is 24.8 Å². The summed E-state index contributed by atoms with van der Waals surface area (Å²) in [6.07, 6.45) is 1.58. The number of nitrogens with zero attached hydrogens (tertiary/aromatic N) is 1. The molecule has 5 nitrogen and oxygen atoms in total. The van der Waals surface area contributed by atoms with Crippen LogP contribution >= 0.6 is 0 Å². The summed E-state index contributed by atoms with van der Waals surface area (Å²) in [4.78, 5) is 13.5. The van der Waals surface area contributed by atoms with E-state index >= 15 is 0 Å². The molecule has 0 aliphatic carbocycles. The Morgan fingerprint density at radius 3 is 2.78 bits per heavy atom. The van der Waals surface area contributed by atoms with Crippen LogP contribution in [0.2, 0.25) is 0 Å². The molecule has 1 amide bonds. The van der Waals surface area contributed by atoms with Gasteiger partial charge in [-0.25, -0.2) is 0 Å². The Balaban J connectivity index is 2.93. The first kappa shape index (κ1) is 14.1. The number of ether oxygens (including phenoxy) is 1. The molecule has 2 N–H and O–H groups in total. The molecule has 0 saturated heterocycles. The monoisotopic (exact) mass is 251 g/mol. The third-order valence-corrected chi connectivity index (χ3v) is 2.43. The fourth-order valence-electron chi connectivity index (χ4n) is 1.56. The van der Waals surface area contributed by atoms with Gasteiger partial charge in [-0.2, -0.15) is 0 Å². The lowest BCUT2D eigenvalue weighted by Gasteiger charge is -2.20. The molecule has 0 bridgehead atoms. The first-order valence-corrected chi connectivity index (χ1v) is 5.52. The summed E-state index contributed by atoms with van der Waals surface area (Å²) in [5, 5.41) is 18.5. The van der Waals surface area contributed by atoms with E-state index < -0.39 is 0 Å². The summed E-state index contributed by atoms with van der Waals surface area (Å²) in [7, 11) is 1.44. The van der Waals surface area contributed by atoms with Crippen molar-refractivity contribution in [3.05, 3.63) is 36.4 Å². The maximum absolute atomic E-state index is 12.1. The molecule has 0 fully saturated rings. The fraction of sp³-hybridized carbons (Fsp3) is 0.308. The summed E-state index contributed by atoms with van der Waals surface area (Å²) >= 11 is 0. The van der Waals surface area contributed by atoms with Gasteiger partial charge in [0.25, 0.3) is 5.91 Å². The van der Waals surface area contributed by atoms with Crippen molar-refractivity contribution >= 4 is 5.91 Å². The Bertz CT molecular complexity index is 431. The minimum atomic E-state index is -0.276.